The van der Waals surface area contributed by atoms with Crippen LogP contribution in [0.1, 0.15) is 30.8 Å². The monoisotopic (exact) mass is 257 g/mol. The summed E-state index contributed by atoms with van der Waals surface area (Å²) in [5, 5.41) is 16.2. The molecule has 0 aromatic carbocycles. The molecule has 94 valence electrons. The lowest BCUT2D eigenvalue weighted by atomic mass is 10.3. The van der Waals surface area contributed by atoms with Gasteiger partial charge in [0.15, 0.2) is 10.8 Å². The highest BCUT2D eigenvalue weighted by atomic mass is 32.1. The largest absolute Gasteiger partial charge is 0.476 e. The van der Waals surface area contributed by atoms with Crippen LogP contribution in [-0.2, 0) is 4.79 Å². The van der Waals surface area contributed by atoms with Crippen LogP contribution >= 0.6 is 11.3 Å². The van der Waals surface area contributed by atoms with Gasteiger partial charge in [-0.05, 0) is 13.3 Å². The number of amides is 1. The summed E-state index contributed by atoms with van der Waals surface area (Å²) in [5.74, 6) is -1.20. The third-order valence-electron chi connectivity index (χ3n) is 2.01. The van der Waals surface area contributed by atoms with Crippen molar-refractivity contribution in [1.29, 1.82) is 0 Å². The molecular weight excluding hydrogens is 242 g/mol. The Bertz CT molecular complexity index is 405. The number of rotatable bonds is 6. The molecule has 0 spiro atoms. The quantitative estimate of drug-likeness (QED) is 0.711. The van der Waals surface area contributed by atoms with Gasteiger partial charge in [0.25, 0.3) is 0 Å². The number of hydrogen-bond donors (Lipinski definition) is 3. The van der Waals surface area contributed by atoms with Crippen molar-refractivity contribution in [2.45, 2.75) is 26.3 Å². The number of carboxylic acid groups (broad SMARTS) is 1. The van der Waals surface area contributed by atoms with Crippen molar-refractivity contribution >= 4 is 28.3 Å². The van der Waals surface area contributed by atoms with E-state index in [9.17, 15) is 9.59 Å². The number of nitrogens with one attached hydrogen (secondary N) is 2. The van der Waals surface area contributed by atoms with Gasteiger partial charge in [0.2, 0.25) is 5.91 Å². The third-order valence-corrected chi connectivity index (χ3v) is 2.78. The van der Waals surface area contributed by atoms with Gasteiger partial charge in [-0.3, -0.25) is 4.79 Å². The number of thiazole rings is 1. The SMILES string of the molecule is CCCNC(=O)C(C)Nc1nc(C(=O)O)cs1. The van der Waals surface area contributed by atoms with E-state index in [1.807, 2.05) is 6.92 Å². The molecule has 1 atom stereocenters. The van der Waals surface area contributed by atoms with Gasteiger partial charge in [-0.25, -0.2) is 9.78 Å². The molecule has 1 aromatic heterocycles. The molecule has 0 bridgehead atoms. The zero-order valence-electron chi connectivity index (χ0n) is 9.69. The van der Waals surface area contributed by atoms with Gasteiger partial charge in [-0.15, -0.1) is 11.3 Å². The van der Waals surface area contributed by atoms with Crippen molar-refractivity contribution in [2.75, 3.05) is 11.9 Å². The normalized spacial score (nSPS) is 11.9. The molecule has 0 fully saturated rings. The molecule has 6 nitrogen and oxygen atoms in total. The Labute approximate surface area is 103 Å². The van der Waals surface area contributed by atoms with Crippen LogP contribution in [0.4, 0.5) is 5.13 Å². The number of carboxylic acids is 1. The zero-order valence-corrected chi connectivity index (χ0v) is 10.5. The summed E-state index contributed by atoms with van der Waals surface area (Å²) in [5.41, 5.74) is -0.0151. The van der Waals surface area contributed by atoms with Crippen LogP contribution in [0.5, 0.6) is 0 Å². The van der Waals surface area contributed by atoms with E-state index in [-0.39, 0.29) is 11.6 Å². The van der Waals surface area contributed by atoms with Crippen molar-refractivity contribution in [3.8, 4) is 0 Å². The summed E-state index contributed by atoms with van der Waals surface area (Å²) >= 11 is 1.16. The fraction of sp³-hybridized carbons (Fsp3) is 0.500. The highest BCUT2D eigenvalue weighted by Gasteiger charge is 2.15. The first-order chi connectivity index (χ1) is 8.04. The van der Waals surface area contributed by atoms with Crippen LogP contribution in [0.2, 0.25) is 0 Å². The van der Waals surface area contributed by atoms with Crippen LogP contribution < -0.4 is 10.6 Å². The predicted octanol–water partition coefficient (Wildman–Crippen LogP) is 1.17. The van der Waals surface area contributed by atoms with E-state index in [0.29, 0.717) is 11.7 Å². The van der Waals surface area contributed by atoms with E-state index < -0.39 is 12.0 Å². The second-order valence-electron chi connectivity index (χ2n) is 3.50. The fourth-order valence-corrected chi connectivity index (χ4v) is 1.86. The molecule has 0 radical (unpaired) electrons. The van der Waals surface area contributed by atoms with Gasteiger partial charge >= 0.3 is 5.97 Å². The maximum absolute atomic E-state index is 11.5. The van der Waals surface area contributed by atoms with Crippen molar-refractivity contribution < 1.29 is 14.7 Å². The first-order valence-electron chi connectivity index (χ1n) is 5.27. The summed E-state index contributed by atoms with van der Waals surface area (Å²) in [7, 11) is 0. The Morgan fingerprint density at radius 1 is 1.59 bits per heavy atom. The maximum Gasteiger partial charge on any atom is 0.355 e. The lowest BCUT2D eigenvalue weighted by molar-refractivity contribution is -0.121. The van der Waals surface area contributed by atoms with Gasteiger partial charge in [-0.1, -0.05) is 6.92 Å². The molecule has 1 heterocycles. The van der Waals surface area contributed by atoms with Crippen LogP contribution in [0.15, 0.2) is 5.38 Å². The molecule has 1 aromatic rings. The highest BCUT2D eigenvalue weighted by Crippen LogP contribution is 2.16. The summed E-state index contributed by atoms with van der Waals surface area (Å²) in [4.78, 5) is 26.0. The van der Waals surface area contributed by atoms with Crippen molar-refractivity contribution in [3.05, 3.63) is 11.1 Å². The molecule has 0 saturated heterocycles. The van der Waals surface area contributed by atoms with Gasteiger partial charge in [0, 0.05) is 11.9 Å². The average molecular weight is 257 g/mol. The second kappa shape index (κ2) is 6.19. The first-order valence-corrected chi connectivity index (χ1v) is 6.15. The molecule has 0 aliphatic heterocycles. The van der Waals surface area contributed by atoms with E-state index in [1.54, 1.807) is 6.92 Å². The zero-order chi connectivity index (χ0) is 12.8. The van der Waals surface area contributed by atoms with E-state index in [4.69, 9.17) is 5.11 Å². The molecule has 0 saturated carbocycles. The summed E-state index contributed by atoms with van der Waals surface area (Å²) in [6.07, 6.45) is 0.874. The molecule has 1 amide bonds. The lowest BCUT2D eigenvalue weighted by Gasteiger charge is -2.12. The third kappa shape index (κ3) is 4.03. The van der Waals surface area contributed by atoms with Crippen LogP contribution in [0, 0.1) is 0 Å². The minimum atomic E-state index is -1.07. The number of carbonyl (C=O) groups excluding carboxylic acids is 1. The van der Waals surface area contributed by atoms with Crippen molar-refractivity contribution in [1.82, 2.24) is 10.3 Å². The Kier molecular flexibility index (Phi) is 4.89. The predicted molar refractivity (Wildman–Crippen MR) is 65.5 cm³/mol. The lowest BCUT2D eigenvalue weighted by Crippen LogP contribution is -2.37. The molecule has 0 aliphatic carbocycles. The van der Waals surface area contributed by atoms with Crippen LogP contribution in [0.25, 0.3) is 0 Å². The summed E-state index contributed by atoms with van der Waals surface area (Å²) in [6.45, 7) is 4.30. The molecule has 1 unspecified atom stereocenters. The smallest absolute Gasteiger partial charge is 0.355 e. The number of hydrogen-bond acceptors (Lipinski definition) is 5. The van der Waals surface area contributed by atoms with Crippen LogP contribution in [0.3, 0.4) is 0 Å². The van der Waals surface area contributed by atoms with Gasteiger partial charge in [0.1, 0.15) is 6.04 Å². The molecule has 3 N–H and O–H groups in total. The van der Waals surface area contributed by atoms with Gasteiger partial charge < -0.3 is 15.7 Å². The van der Waals surface area contributed by atoms with E-state index in [2.05, 4.69) is 15.6 Å². The minimum absolute atomic E-state index is 0.0151. The van der Waals surface area contributed by atoms with Crippen molar-refractivity contribution in [2.24, 2.45) is 0 Å². The standard InChI is InChI=1S/C10H15N3O3S/c1-3-4-11-8(14)6(2)12-10-13-7(5-17-10)9(15)16/h5-6H,3-4H2,1-2H3,(H,11,14)(H,12,13)(H,15,16). The number of anilines is 1. The number of carbonyl (C=O) groups is 2. The Morgan fingerprint density at radius 3 is 2.82 bits per heavy atom. The second-order valence-corrected chi connectivity index (χ2v) is 4.36. The fourth-order valence-electron chi connectivity index (χ4n) is 1.09. The van der Waals surface area contributed by atoms with E-state index >= 15 is 0 Å². The molecule has 1 rings (SSSR count). The van der Waals surface area contributed by atoms with Crippen molar-refractivity contribution in [3.63, 3.8) is 0 Å². The minimum Gasteiger partial charge on any atom is -0.476 e. The topological polar surface area (TPSA) is 91.3 Å². The molecule has 0 aliphatic rings. The molecule has 17 heavy (non-hydrogen) atoms. The first kappa shape index (κ1) is 13.4. The van der Waals surface area contributed by atoms with Crippen LogP contribution in [-0.4, -0.2) is 34.6 Å². The maximum atomic E-state index is 11.5. The van der Waals surface area contributed by atoms with Gasteiger partial charge in [0.05, 0.1) is 0 Å². The number of aromatic nitrogens is 1. The average Bonchev–Trinajstić information content (AvgIpc) is 2.74. The summed E-state index contributed by atoms with van der Waals surface area (Å²) in [6, 6.07) is -0.436. The Balaban J connectivity index is 2.52. The Hall–Kier alpha value is -1.63. The number of aromatic carboxylic acids is 1. The van der Waals surface area contributed by atoms with E-state index in [1.165, 1.54) is 5.38 Å². The highest BCUT2D eigenvalue weighted by molar-refractivity contribution is 7.13. The summed E-state index contributed by atoms with van der Waals surface area (Å²) < 4.78 is 0. The molecular formula is C10H15N3O3S. The number of nitrogens with zero attached hydrogens (tertiary/aromatic N) is 1. The molecule has 7 heteroatoms. The Morgan fingerprint density at radius 2 is 2.29 bits per heavy atom. The van der Waals surface area contributed by atoms with E-state index in [0.717, 1.165) is 17.8 Å². The van der Waals surface area contributed by atoms with Gasteiger partial charge in [-0.2, -0.15) is 0 Å².